The first-order valence-corrected chi connectivity index (χ1v) is 9.47. The average Bonchev–Trinajstić information content (AvgIpc) is 2.95. The lowest BCUT2D eigenvalue weighted by Crippen LogP contribution is -2.39. The van der Waals surface area contributed by atoms with Gasteiger partial charge in [-0.15, -0.1) is 0 Å². The minimum Gasteiger partial charge on any atom is -0.383 e. The Labute approximate surface area is 153 Å². The molecule has 0 saturated carbocycles. The summed E-state index contributed by atoms with van der Waals surface area (Å²) >= 11 is 1.75. The molecule has 2 aromatic carbocycles. The Morgan fingerprint density at radius 1 is 1.16 bits per heavy atom. The Hall–Kier alpha value is -2.38. The second-order valence-corrected chi connectivity index (χ2v) is 7.94. The number of anilines is 1. The van der Waals surface area contributed by atoms with Crippen molar-refractivity contribution in [1.82, 2.24) is 5.32 Å². The molecule has 2 bridgehead atoms. The van der Waals surface area contributed by atoms with Gasteiger partial charge in [0, 0.05) is 34.3 Å². The van der Waals surface area contributed by atoms with E-state index in [1.165, 1.54) is 33.8 Å². The molecular formula is C21H21N3S. The molecule has 2 aliphatic heterocycles. The number of nitriles is 1. The quantitative estimate of drug-likeness (QED) is 0.870. The van der Waals surface area contributed by atoms with Crippen LogP contribution in [0.3, 0.4) is 0 Å². The third kappa shape index (κ3) is 3.25. The first kappa shape index (κ1) is 16.1. The number of benzene rings is 2. The van der Waals surface area contributed by atoms with E-state index in [-0.39, 0.29) is 0 Å². The van der Waals surface area contributed by atoms with Crippen LogP contribution in [0.2, 0.25) is 0 Å². The van der Waals surface area contributed by atoms with Crippen molar-refractivity contribution in [2.24, 2.45) is 0 Å². The monoisotopic (exact) mass is 347 g/mol. The zero-order valence-electron chi connectivity index (χ0n) is 14.5. The highest BCUT2D eigenvalue weighted by atomic mass is 32.2. The summed E-state index contributed by atoms with van der Waals surface area (Å²) in [5, 5.41) is 12.9. The maximum Gasteiger partial charge on any atom is 0.0992 e. The Balaban J connectivity index is 1.73. The van der Waals surface area contributed by atoms with E-state index in [2.05, 4.69) is 60.6 Å². The van der Waals surface area contributed by atoms with E-state index in [0.29, 0.717) is 11.6 Å². The molecule has 0 aromatic heterocycles. The van der Waals surface area contributed by atoms with Crippen LogP contribution in [-0.2, 0) is 0 Å². The Morgan fingerprint density at radius 3 is 2.80 bits per heavy atom. The molecular weight excluding hydrogens is 326 g/mol. The van der Waals surface area contributed by atoms with Crippen molar-refractivity contribution >= 4 is 17.4 Å². The summed E-state index contributed by atoms with van der Waals surface area (Å²) in [4.78, 5) is 4.73. The molecule has 2 aliphatic rings. The van der Waals surface area contributed by atoms with E-state index in [9.17, 15) is 5.26 Å². The number of nitrogens with one attached hydrogen (secondary N) is 1. The van der Waals surface area contributed by atoms with Gasteiger partial charge in [0.25, 0.3) is 0 Å². The van der Waals surface area contributed by atoms with Crippen LogP contribution in [0.5, 0.6) is 0 Å². The minimum absolute atomic E-state index is 0.537. The van der Waals surface area contributed by atoms with Crippen LogP contribution >= 0.6 is 11.8 Å². The molecule has 2 heterocycles. The van der Waals surface area contributed by atoms with Crippen molar-refractivity contribution in [3.05, 3.63) is 65.0 Å². The van der Waals surface area contributed by atoms with Crippen LogP contribution < -0.4 is 10.2 Å². The highest BCUT2D eigenvalue weighted by Crippen LogP contribution is 2.39. The lowest BCUT2D eigenvalue weighted by molar-refractivity contribution is 0.601. The van der Waals surface area contributed by atoms with Gasteiger partial charge < -0.3 is 10.2 Å². The predicted octanol–water partition coefficient (Wildman–Crippen LogP) is 4.74. The molecule has 4 rings (SSSR count). The fraction of sp³-hybridized carbons (Fsp3) is 0.286. The summed E-state index contributed by atoms with van der Waals surface area (Å²) in [6.07, 6.45) is 4.58. The zero-order chi connectivity index (χ0) is 17.4. The number of hydrogen-bond acceptors (Lipinski definition) is 4. The predicted molar refractivity (Wildman–Crippen MR) is 103 cm³/mol. The third-order valence-corrected chi connectivity index (χ3v) is 6.05. The summed E-state index contributed by atoms with van der Waals surface area (Å²) < 4.78 is 0. The second-order valence-electron chi connectivity index (χ2n) is 6.85. The van der Waals surface area contributed by atoms with Crippen LogP contribution in [-0.4, -0.2) is 12.6 Å². The van der Waals surface area contributed by atoms with E-state index in [0.717, 1.165) is 17.9 Å². The zero-order valence-corrected chi connectivity index (χ0v) is 15.4. The Bertz CT molecular complexity index is 894. The summed E-state index contributed by atoms with van der Waals surface area (Å²) in [6.45, 7) is 5.25. The maximum atomic E-state index is 9.32. The van der Waals surface area contributed by atoms with Gasteiger partial charge in [-0.3, -0.25) is 0 Å². The van der Waals surface area contributed by atoms with Gasteiger partial charge in [0.1, 0.15) is 0 Å². The molecule has 1 saturated heterocycles. The molecule has 0 aliphatic carbocycles. The number of rotatable bonds is 3. The highest BCUT2D eigenvalue weighted by Gasteiger charge is 2.27. The van der Waals surface area contributed by atoms with Gasteiger partial charge in [-0.05, 0) is 56.5 Å². The van der Waals surface area contributed by atoms with E-state index in [4.69, 9.17) is 0 Å². The van der Waals surface area contributed by atoms with Gasteiger partial charge in [-0.1, -0.05) is 29.5 Å². The third-order valence-electron chi connectivity index (χ3n) is 4.83. The van der Waals surface area contributed by atoms with Gasteiger partial charge in [0.15, 0.2) is 0 Å². The lowest BCUT2D eigenvalue weighted by Gasteiger charge is -2.30. The van der Waals surface area contributed by atoms with E-state index >= 15 is 0 Å². The largest absolute Gasteiger partial charge is 0.383 e. The fourth-order valence-corrected chi connectivity index (χ4v) is 4.62. The molecule has 4 heteroatoms. The van der Waals surface area contributed by atoms with Gasteiger partial charge in [-0.25, -0.2) is 0 Å². The SMILES string of the molecule is Cc1ccc(Sc2cc(C#N)ccc2N2C=C3CCC(C2)N3)c(C)c1. The first-order valence-electron chi connectivity index (χ1n) is 8.65. The molecule has 1 atom stereocenters. The number of aryl methyl sites for hydroxylation is 2. The van der Waals surface area contributed by atoms with Gasteiger partial charge in [0.2, 0.25) is 0 Å². The fourth-order valence-electron chi connectivity index (χ4n) is 3.56. The maximum absolute atomic E-state index is 9.32. The smallest absolute Gasteiger partial charge is 0.0992 e. The topological polar surface area (TPSA) is 39.1 Å². The minimum atomic E-state index is 0.537. The normalized spacial score (nSPS) is 18.5. The van der Waals surface area contributed by atoms with Crippen LogP contribution in [0.25, 0.3) is 0 Å². The Morgan fingerprint density at radius 2 is 2.04 bits per heavy atom. The average molecular weight is 347 g/mol. The lowest BCUT2D eigenvalue weighted by atomic mass is 10.2. The number of fused-ring (bicyclic) bond motifs is 2. The summed E-state index contributed by atoms with van der Waals surface area (Å²) in [5.74, 6) is 0. The van der Waals surface area contributed by atoms with Crippen LogP contribution in [0, 0.1) is 25.2 Å². The van der Waals surface area contributed by atoms with Gasteiger partial charge >= 0.3 is 0 Å². The second kappa shape index (κ2) is 6.50. The molecule has 1 unspecified atom stereocenters. The Kier molecular flexibility index (Phi) is 4.19. The number of allylic oxidation sites excluding steroid dienone is 1. The van der Waals surface area contributed by atoms with Crippen LogP contribution in [0.15, 0.2) is 58.1 Å². The summed E-state index contributed by atoms with van der Waals surface area (Å²) in [6, 6.07) is 15.4. The van der Waals surface area contributed by atoms with Crippen molar-refractivity contribution < 1.29 is 0 Å². The molecule has 126 valence electrons. The van der Waals surface area contributed by atoms with Crippen molar-refractivity contribution in [3.63, 3.8) is 0 Å². The van der Waals surface area contributed by atoms with Crippen molar-refractivity contribution in [3.8, 4) is 6.07 Å². The van der Waals surface area contributed by atoms with Crippen molar-refractivity contribution in [2.75, 3.05) is 11.4 Å². The van der Waals surface area contributed by atoms with E-state index in [1.54, 1.807) is 11.8 Å². The molecule has 0 radical (unpaired) electrons. The van der Waals surface area contributed by atoms with Gasteiger partial charge in [0.05, 0.1) is 17.3 Å². The highest BCUT2D eigenvalue weighted by molar-refractivity contribution is 7.99. The van der Waals surface area contributed by atoms with Crippen LogP contribution in [0.4, 0.5) is 5.69 Å². The molecule has 25 heavy (non-hydrogen) atoms. The molecule has 0 amide bonds. The van der Waals surface area contributed by atoms with Gasteiger partial charge in [-0.2, -0.15) is 5.26 Å². The molecule has 0 spiro atoms. The van der Waals surface area contributed by atoms with Crippen LogP contribution in [0.1, 0.15) is 29.5 Å². The van der Waals surface area contributed by atoms with Crippen molar-refractivity contribution in [1.29, 1.82) is 5.26 Å². The van der Waals surface area contributed by atoms with E-state index in [1.807, 2.05) is 12.1 Å². The van der Waals surface area contributed by atoms with E-state index < -0.39 is 0 Å². The molecule has 2 aromatic rings. The summed E-state index contributed by atoms with van der Waals surface area (Å²) in [5.41, 5.74) is 5.77. The number of hydrogen-bond donors (Lipinski definition) is 1. The summed E-state index contributed by atoms with van der Waals surface area (Å²) in [7, 11) is 0. The van der Waals surface area contributed by atoms with Crippen molar-refractivity contribution in [2.45, 2.75) is 42.5 Å². The molecule has 1 N–H and O–H groups in total. The molecule has 3 nitrogen and oxygen atoms in total. The number of nitrogens with zero attached hydrogens (tertiary/aromatic N) is 2. The standard InChI is InChI=1S/C21H21N3S/c1-14-3-8-20(15(2)9-14)25-21-10-16(11-22)4-7-19(21)24-12-17-5-6-18(13-24)23-17/h3-4,7-10,12,18,23H,5-6,13H2,1-2H3. The molecule has 1 fully saturated rings. The first-order chi connectivity index (χ1) is 12.1.